The third kappa shape index (κ3) is 4.39. The first-order valence-electron chi connectivity index (χ1n) is 9.07. The number of hydrogen-bond acceptors (Lipinski definition) is 2. The summed E-state index contributed by atoms with van der Waals surface area (Å²) in [4.78, 5) is 28.7. The second-order valence-corrected chi connectivity index (χ2v) is 8.44. The molecule has 4 nitrogen and oxygen atoms in total. The standard InChI is InChI=1S/C20H27FN2O2/c1-20(2,3)13-18(24)22-8-10-23(11-9-22)19(25)17-12-16(17)14-4-6-15(21)7-5-14/h4-7,16-17H,8-13H2,1-3H3. The van der Waals surface area contributed by atoms with Crippen molar-refractivity contribution in [2.75, 3.05) is 26.2 Å². The molecule has 0 spiro atoms. The largest absolute Gasteiger partial charge is 0.339 e. The lowest BCUT2D eigenvalue weighted by molar-refractivity contribution is -0.141. The van der Waals surface area contributed by atoms with Crippen LogP contribution in [0.5, 0.6) is 0 Å². The van der Waals surface area contributed by atoms with Gasteiger partial charge in [-0.15, -0.1) is 0 Å². The number of amides is 2. The van der Waals surface area contributed by atoms with Crippen LogP contribution in [0, 0.1) is 17.2 Å². The smallest absolute Gasteiger partial charge is 0.226 e. The van der Waals surface area contributed by atoms with Gasteiger partial charge < -0.3 is 9.80 Å². The molecular weight excluding hydrogens is 319 g/mol. The molecule has 1 aliphatic heterocycles. The predicted octanol–water partition coefficient (Wildman–Crippen LogP) is 3.04. The molecule has 2 amide bonds. The minimum absolute atomic E-state index is 0.0135. The first-order chi connectivity index (χ1) is 11.7. The van der Waals surface area contributed by atoms with Crippen LogP contribution in [0.15, 0.2) is 24.3 Å². The molecular formula is C20H27FN2O2. The van der Waals surface area contributed by atoms with Gasteiger partial charge in [0.25, 0.3) is 0 Å². The van der Waals surface area contributed by atoms with E-state index in [1.807, 2.05) is 9.80 Å². The van der Waals surface area contributed by atoms with Crippen molar-refractivity contribution in [2.24, 2.45) is 11.3 Å². The number of carbonyl (C=O) groups excluding carboxylic acids is 2. The van der Waals surface area contributed by atoms with Gasteiger partial charge in [0.05, 0.1) is 0 Å². The highest BCUT2D eigenvalue weighted by atomic mass is 19.1. The van der Waals surface area contributed by atoms with Crippen molar-refractivity contribution in [3.63, 3.8) is 0 Å². The van der Waals surface area contributed by atoms with Crippen LogP contribution in [0.4, 0.5) is 4.39 Å². The van der Waals surface area contributed by atoms with Gasteiger partial charge in [-0.05, 0) is 35.4 Å². The van der Waals surface area contributed by atoms with Crippen molar-refractivity contribution in [2.45, 2.75) is 39.5 Å². The van der Waals surface area contributed by atoms with Crippen LogP contribution in [0.3, 0.4) is 0 Å². The lowest BCUT2D eigenvalue weighted by Crippen LogP contribution is -2.51. The highest BCUT2D eigenvalue weighted by Gasteiger charge is 2.46. The second-order valence-electron chi connectivity index (χ2n) is 8.44. The lowest BCUT2D eigenvalue weighted by atomic mass is 9.91. The summed E-state index contributed by atoms with van der Waals surface area (Å²) >= 11 is 0. The third-order valence-electron chi connectivity index (χ3n) is 5.03. The van der Waals surface area contributed by atoms with E-state index in [1.54, 1.807) is 12.1 Å². The van der Waals surface area contributed by atoms with Crippen LogP contribution < -0.4 is 0 Å². The van der Waals surface area contributed by atoms with Crippen molar-refractivity contribution in [3.8, 4) is 0 Å². The van der Waals surface area contributed by atoms with E-state index in [4.69, 9.17) is 0 Å². The SMILES string of the molecule is CC(C)(C)CC(=O)N1CCN(C(=O)C2CC2c2ccc(F)cc2)CC1. The van der Waals surface area contributed by atoms with E-state index in [9.17, 15) is 14.0 Å². The van der Waals surface area contributed by atoms with Crippen LogP contribution >= 0.6 is 0 Å². The molecule has 2 aliphatic rings. The van der Waals surface area contributed by atoms with E-state index in [-0.39, 0.29) is 34.9 Å². The van der Waals surface area contributed by atoms with E-state index in [2.05, 4.69) is 20.8 Å². The normalized spacial score (nSPS) is 23.5. The summed E-state index contributed by atoms with van der Waals surface area (Å²) in [5, 5.41) is 0. The second kappa shape index (κ2) is 6.77. The number of piperazine rings is 1. The van der Waals surface area contributed by atoms with Crippen molar-refractivity contribution >= 4 is 11.8 Å². The van der Waals surface area contributed by atoms with E-state index in [0.717, 1.165) is 12.0 Å². The Kier molecular flexibility index (Phi) is 4.85. The van der Waals surface area contributed by atoms with Crippen molar-refractivity contribution in [1.82, 2.24) is 9.80 Å². The van der Waals surface area contributed by atoms with Crippen molar-refractivity contribution in [1.29, 1.82) is 0 Å². The maximum absolute atomic E-state index is 13.0. The molecule has 0 aromatic heterocycles. The third-order valence-corrected chi connectivity index (χ3v) is 5.03. The molecule has 136 valence electrons. The van der Waals surface area contributed by atoms with E-state index in [0.29, 0.717) is 32.6 Å². The number of halogens is 1. The molecule has 1 aromatic rings. The van der Waals surface area contributed by atoms with E-state index in [1.165, 1.54) is 12.1 Å². The molecule has 1 saturated carbocycles. The summed E-state index contributed by atoms with van der Waals surface area (Å²) in [6.45, 7) is 8.65. The zero-order valence-corrected chi connectivity index (χ0v) is 15.3. The molecule has 1 aliphatic carbocycles. The molecule has 1 aromatic carbocycles. The molecule has 25 heavy (non-hydrogen) atoms. The van der Waals surface area contributed by atoms with Crippen molar-refractivity contribution < 1.29 is 14.0 Å². The monoisotopic (exact) mass is 346 g/mol. The fraction of sp³-hybridized carbons (Fsp3) is 0.600. The number of carbonyl (C=O) groups is 2. The topological polar surface area (TPSA) is 40.6 Å². The Labute approximate surface area is 149 Å². The van der Waals surface area contributed by atoms with Gasteiger partial charge in [0, 0.05) is 38.5 Å². The molecule has 0 radical (unpaired) electrons. The van der Waals surface area contributed by atoms with Crippen LogP contribution in [0.25, 0.3) is 0 Å². The van der Waals surface area contributed by atoms with Gasteiger partial charge in [-0.3, -0.25) is 9.59 Å². The van der Waals surface area contributed by atoms with Gasteiger partial charge in [-0.1, -0.05) is 32.9 Å². The summed E-state index contributed by atoms with van der Waals surface area (Å²) in [5.41, 5.74) is 1.03. The highest BCUT2D eigenvalue weighted by molar-refractivity contribution is 5.83. The zero-order chi connectivity index (χ0) is 18.2. The maximum Gasteiger partial charge on any atom is 0.226 e. The Bertz CT molecular complexity index is 643. The summed E-state index contributed by atoms with van der Waals surface area (Å²) in [6, 6.07) is 6.45. The first kappa shape index (κ1) is 17.9. The Balaban J connectivity index is 1.49. The highest BCUT2D eigenvalue weighted by Crippen LogP contribution is 2.48. The van der Waals surface area contributed by atoms with Gasteiger partial charge in [0.15, 0.2) is 0 Å². The zero-order valence-electron chi connectivity index (χ0n) is 15.3. The van der Waals surface area contributed by atoms with Crippen molar-refractivity contribution in [3.05, 3.63) is 35.6 Å². The number of hydrogen-bond donors (Lipinski definition) is 0. The van der Waals surface area contributed by atoms with Gasteiger partial charge in [-0.25, -0.2) is 4.39 Å². The maximum atomic E-state index is 13.0. The van der Waals surface area contributed by atoms with Gasteiger partial charge in [-0.2, -0.15) is 0 Å². The van der Waals surface area contributed by atoms with Crippen LogP contribution in [0.1, 0.15) is 45.1 Å². The van der Waals surface area contributed by atoms with Gasteiger partial charge >= 0.3 is 0 Å². The lowest BCUT2D eigenvalue weighted by Gasteiger charge is -2.36. The minimum Gasteiger partial charge on any atom is -0.339 e. The average molecular weight is 346 g/mol. The number of nitrogens with zero attached hydrogens (tertiary/aromatic N) is 2. The first-order valence-corrected chi connectivity index (χ1v) is 9.07. The van der Waals surface area contributed by atoms with Gasteiger partial charge in [0.1, 0.15) is 5.82 Å². The molecule has 5 heteroatoms. The van der Waals surface area contributed by atoms with Crippen LogP contribution in [-0.4, -0.2) is 47.8 Å². The minimum atomic E-state index is -0.247. The molecule has 0 N–H and O–H groups in total. The molecule has 1 heterocycles. The summed E-state index contributed by atoms with van der Waals surface area (Å²) in [7, 11) is 0. The summed E-state index contributed by atoms with van der Waals surface area (Å²) in [5.74, 6) is 0.340. The quantitative estimate of drug-likeness (QED) is 0.844. The van der Waals surface area contributed by atoms with E-state index >= 15 is 0 Å². The Hall–Kier alpha value is -1.91. The molecule has 2 unspecified atom stereocenters. The van der Waals surface area contributed by atoms with Crippen LogP contribution in [0.2, 0.25) is 0 Å². The summed E-state index contributed by atoms with van der Waals surface area (Å²) in [6.07, 6.45) is 1.38. The van der Waals surface area contributed by atoms with Crippen LogP contribution in [-0.2, 0) is 9.59 Å². The molecule has 2 atom stereocenters. The number of benzene rings is 1. The molecule has 0 bridgehead atoms. The Morgan fingerprint density at radius 2 is 1.60 bits per heavy atom. The molecule has 1 saturated heterocycles. The molecule has 2 fully saturated rings. The summed E-state index contributed by atoms with van der Waals surface area (Å²) < 4.78 is 13.0. The predicted molar refractivity (Wildman–Crippen MR) is 94.5 cm³/mol. The Morgan fingerprint density at radius 1 is 1.04 bits per heavy atom. The Morgan fingerprint density at radius 3 is 2.16 bits per heavy atom. The number of rotatable bonds is 3. The average Bonchev–Trinajstić information content (AvgIpc) is 3.34. The van der Waals surface area contributed by atoms with Gasteiger partial charge in [0.2, 0.25) is 11.8 Å². The fourth-order valence-electron chi connectivity index (χ4n) is 3.52. The fourth-order valence-corrected chi connectivity index (χ4v) is 3.52. The molecule has 3 rings (SSSR count). The van der Waals surface area contributed by atoms with E-state index < -0.39 is 0 Å².